The first-order valence-electron chi connectivity index (χ1n) is 14.7. The zero-order valence-corrected chi connectivity index (χ0v) is 26.7. The molecule has 2 atom stereocenters. The smallest absolute Gasteiger partial charge is 0.203 e. The third-order valence-electron chi connectivity index (χ3n) is 8.68. The van der Waals surface area contributed by atoms with Gasteiger partial charge in [-0.3, -0.25) is 14.4 Å². The highest BCUT2D eigenvalue weighted by molar-refractivity contribution is 7.58. The molecule has 0 saturated heterocycles. The molecule has 1 saturated carbocycles. The van der Waals surface area contributed by atoms with Gasteiger partial charge in [0, 0.05) is 47.6 Å². The molecule has 41 heavy (non-hydrogen) atoms. The van der Waals surface area contributed by atoms with E-state index in [1.54, 1.807) is 6.07 Å². The molecule has 0 bridgehead atoms. The van der Waals surface area contributed by atoms with Gasteiger partial charge >= 0.3 is 0 Å². The summed E-state index contributed by atoms with van der Waals surface area (Å²) in [4.78, 5) is 17.1. The van der Waals surface area contributed by atoms with Crippen molar-refractivity contribution in [3.05, 3.63) is 82.9 Å². The second kappa shape index (κ2) is 12.4. The number of ether oxygens (including phenoxy) is 1. The van der Waals surface area contributed by atoms with Gasteiger partial charge in [-0.25, -0.2) is 4.39 Å². The maximum absolute atomic E-state index is 14.9. The molecule has 1 fully saturated rings. The second-order valence-electron chi connectivity index (χ2n) is 12.9. The zero-order chi connectivity index (χ0) is 30.1. The van der Waals surface area contributed by atoms with Crippen LogP contribution in [0.15, 0.2) is 54.7 Å². The summed E-state index contributed by atoms with van der Waals surface area (Å²) in [5, 5.41) is -0.711. The average Bonchev–Trinajstić information content (AvgIpc) is 3.72. The number of pyridine rings is 1. The predicted molar refractivity (Wildman–Crippen MR) is 166 cm³/mol. The number of hydrogen-bond acceptors (Lipinski definition) is 4. The van der Waals surface area contributed by atoms with Gasteiger partial charge in [-0.15, -0.1) is 0 Å². The molecule has 7 heteroatoms. The van der Waals surface area contributed by atoms with E-state index in [1.807, 2.05) is 51.1 Å². The van der Waals surface area contributed by atoms with Gasteiger partial charge in [0.25, 0.3) is 0 Å². The predicted octanol–water partition coefficient (Wildman–Crippen LogP) is 8.57. The van der Waals surface area contributed by atoms with Crippen molar-refractivity contribution in [3.63, 3.8) is 0 Å². The van der Waals surface area contributed by atoms with Gasteiger partial charge in [0.05, 0.1) is 6.20 Å². The van der Waals surface area contributed by atoms with Crippen molar-refractivity contribution in [1.29, 1.82) is 0 Å². The van der Waals surface area contributed by atoms with Crippen molar-refractivity contribution < 1.29 is 18.6 Å². The van der Waals surface area contributed by atoms with E-state index in [0.717, 1.165) is 46.5 Å². The Morgan fingerprint density at radius 3 is 2.37 bits per heavy atom. The molecule has 2 unspecified atom stereocenters. The number of hydrogen-bond donors (Lipinski definition) is 1. The average molecular weight is 581 g/mol. The van der Waals surface area contributed by atoms with Crippen LogP contribution in [0.25, 0.3) is 11.1 Å². The van der Waals surface area contributed by atoms with Crippen molar-refractivity contribution in [2.24, 2.45) is 5.92 Å². The molecule has 0 radical (unpaired) electrons. The molecule has 1 N–H and O–H groups in total. The summed E-state index contributed by atoms with van der Waals surface area (Å²) in [6, 6.07) is 16.6. The van der Waals surface area contributed by atoms with E-state index in [-0.39, 0.29) is 11.7 Å². The molecule has 2 aromatic carbocycles. The molecule has 1 aliphatic carbocycles. The molecule has 0 spiro atoms. The third kappa shape index (κ3) is 7.28. The summed E-state index contributed by atoms with van der Waals surface area (Å²) < 4.78 is 34.1. The first-order chi connectivity index (χ1) is 19.2. The van der Waals surface area contributed by atoms with E-state index in [9.17, 15) is 13.8 Å². The van der Waals surface area contributed by atoms with Crippen LogP contribution in [0.4, 0.5) is 4.39 Å². The fraction of sp³-hybridized carbons (Fsp3) is 0.500. The quantitative estimate of drug-likeness (QED) is 0.218. The molecule has 0 aliphatic heterocycles. The Labute approximate surface area is 245 Å². The highest BCUT2D eigenvalue weighted by atomic mass is 31.2. The number of nitrogens with zero attached hydrogens (tertiary/aromatic N) is 2. The van der Waals surface area contributed by atoms with E-state index in [1.165, 1.54) is 12.9 Å². The van der Waals surface area contributed by atoms with Crippen molar-refractivity contribution in [2.75, 3.05) is 6.66 Å². The Morgan fingerprint density at radius 2 is 1.76 bits per heavy atom. The topological polar surface area (TPSA) is 62.7 Å². The summed E-state index contributed by atoms with van der Waals surface area (Å²) in [6.45, 7) is 16.9. The van der Waals surface area contributed by atoms with E-state index in [0.29, 0.717) is 36.7 Å². The number of halogens is 1. The van der Waals surface area contributed by atoms with Gasteiger partial charge in [-0.2, -0.15) is 0 Å². The van der Waals surface area contributed by atoms with Gasteiger partial charge in [0.2, 0.25) is 7.37 Å². The summed E-state index contributed by atoms with van der Waals surface area (Å²) in [7, 11) is -3.32. The summed E-state index contributed by atoms with van der Waals surface area (Å²) in [5.41, 5.74) is 5.27. The largest absolute Gasteiger partial charge is 0.489 e. The van der Waals surface area contributed by atoms with Gasteiger partial charge in [-0.1, -0.05) is 44.2 Å². The lowest BCUT2D eigenvalue weighted by molar-refractivity contribution is 0.166. The van der Waals surface area contributed by atoms with E-state index < -0.39 is 12.5 Å². The first kappa shape index (κ1) is 31.4. The highest BCUT2D eigenvalue weighted by Crippen LogP contribution is 2.63. The molecule has 222 valence electrons. The lowest BCUT2D eigenvalue weighted by atomic mass is 9.83. The lowest BCUT2D eigenvalue weighted by Crippen LogP contribution is -2.36. The molecular weight excluding hydrogens is 534 g/mol. The fourth-order valence-corrected chi connectivity index (χ4v) is 6.82. The molecule has 1 heterocycles. The monoisotopic (exact) mass is 580 g/mol. The summed E-state index contributed by atoms with van der Waals surface area (Å²) in [6.07, 6.45) is 3.47. The van der Waals surface area contributed by atoms with Gasteiger partial charge < -0.3 is 9.63 Å². The Bertz CT molecular complexity index is 1400. The molecule has 1 aliphatic rings. The van der Waals surface area contributed by atoms with Crippen LogP contribution in [0.5, 0.6) is 5.75 Å². The zero-order valence-electron chi connectivity index (χ0n) is 25.8. The van der Waals surface area contributed by atoms with Crippen molar-refractivity contribution in [2.45, 2.75) is 97.6 Å². The molecule has 3 aromatic rings. The normalized spacial score (nSPS) is 16.3. The van der Waals surface area contributed by atoms with E-state index >= 15 is 0 Å². The first-order valence-corrected chi connectivity index (χ1v) is 16.8. The fourth-order valence-electron chi connectivity index (χ4n) is 5.95. The van der Waals surface area contributed by atoms with E-state index in [4.69, 9.17) is 4.74 Å². The highest BCUT2D eigenvalue weighted by Gasteiger charge is 2.49. The van der Waals surface area contributed by atoms with Gasteiger partial charge in [-0.05, 0) is 93.8 Å². The lowest BCUT2D eigenvalue weighted by Gasteiger charge is -2.37. The Balaban J connectivity index is 1.63. The molecule has 4 rings (SSSR count). The molecule has 5 nitrogen and oxygen atoms in total. The maximum Gasteiger partial charge on any atom is 0.203 e. The summed E-state index contributed by atoms with van der Waals surface area (Å²) >= 11 is 0. The van der Waals surface area contributed by atoms with Crippen molar-refractivity contribution in [1.82, 2.24) is 9.88 Å². The third-order valence-corrected chi connectivity index (χ3v) is 11.1. The number of aromatic nitrogens is 1. The van der Waals surface area contributed by atoms with E-state index in [2.05, 4.69) is 49.7 Å². The maximum atomic E-state index is 14.9. The van der Waals surface area contributed by atoms with Gasteiger partial charge in [0.1, 0.15) is 18.2 Å². The van der Waals surface area contributed by atoms with Gasteiger partial charge in [0.15, 0.2) is 0 Å². The van der Waals surface area contributed by atoms with Crippen LogP contribution < -0.4 is 4.74 Å². The number of benzene rings is 2. The van der Waals surface area contributed by atoms with Crippen LogP contribution in [0, 0.1) is 18.7 Å². The minimum Gasteiger partial charge on any atom is -0.489 e. The van der Waals surface area contributed by atoms with Crippen LogP contribution in [-0.2, 0) is 17.7 Å². The van der Waals surface area contributed by atoms with Crippen molar-refractivity contribution >= 4 is 7.37 Å². The van der Waals surface area contributed by atoms with Crippen LogP contribution in [0.2, 0.25) is 0 Å². The Hall–Kier alpha value is -2.53. The number of aryl methyl sites for hydroxylation is 1. The van der Waals surface area contributed by atoms with Crippen molar-refractivity contribution in [3.8, 4) is 16.9 Å². The Kier molecular flexibility index (Phi) is 9.48. The molecule has 1 aromatic heterocycles. The number of rotatable bonds is 12. The van der Waals surface area contributed by atoms with Crippen LogP contribution >= 0.6 is 7.37 Å². The minimum absolute atomic E-state index is 0.0194. The van der Waals surface area contributed by atoms with Crippen LogP contribution in [-0.4, -0.2) is 38.7 Å². The molecular formula is C34H46FN2O3P. The second-order valence-corrected chi connectivity index (χ2v) is 15.8. The van der Waals surface area contributed by atoms with Crippen LogP contribution in [0.1, 0.15) is 82.7 Å². The standard InChI is InChI=1S/C34H46FN2O3P/c1-22(2)37(23(3)4)20-28-18-29(14-15-30(28)31-16-24(5)36-19-32(31)35)40-21-25-10-9-11-27(17-25)33(26-12-13-26)34(6,7)41(8,38)39/h9-11,14-19,22-23,26,33H,12-13,20-21H2,1-8H3,(H,38,39). The van der Waals surface area contributed by atoms with Crippen LogP contribution in [0.3, 0.4) is 0 Å². The summed E-state index contributed by atoms with van der Waals surface area (Å²) in [5.74, 6) is 0.834. The SMILES string of the molecule is Cc1cc(-c2ccc(OCc3cccc(C(C4CC4)C(C)(C)P(C)(=O)O)c3)cc2CN(C(C)C)C(C)C)c(F)cn1. The molecule has 0 amide bonds. The minimum atomic E-state index is -3.32. The Morgan fingerprint density at radius 1 is 1.07 bits per heavy atom.